The minimum Gasteiger partial charge on any atom is -0.460 e. The number of rotatable bonds is 3. The summed E-state index contributed by atoms with van der Waals surface area (Å²) in [7, 11) is 0. The highest BCUT2D eigenvalue weighted by atomic mass is 35.5. The lowest BCUT2D eigenvalue weighted by Gasteiger charge is -2.13. The van der Waals surface area contributed by atoms with Crippen LogP contribution in [0.4, 0.5) is 5.13 Å². The third kappa shape index (κ3) is 4.36. The van der Waals surface area contributed by atoms with E-state index in [0.717, 1.165) is 22.3 Å². The summed E-state index contributed by atoms with van der Waals surface area (Å²) in [6, 6.07) is 3.78. The molecule has 1 N–H and O–H groups in total. The molecule has 0 spiro atoms. The molecule has 0 saturated heterocycles. The van der Waals surface area contributed by atoms with Gasteiger partial charge in [0.05, 0.1) is 11.9 Å². The Bertz CT molecular complexity index is 554. The van der Waals surface area contributed by atoms with Gasteiger partial charge in [-0.3, -0.25) is 5.43 Å². The van der Waals surface area contributed by atoms with E-state index in [0.29, 0.717) is 0 Å². The largest absolute Gasteiger partial charge is 0.460 e. The number of hydrazone groups is 1. The van der Waals surface area contributed by atoms with Gasteiger partial charge in [-0.2, -0.15) is 5.10 Å². The Labute approximate surface area is 123 Å². The molecule has 0 aliphatic carbocycles. The van der Waals surface area contributed by atoms with Gasteiger partial charge in [-0.05, 0) is 19.1 Å². The summed E-state index contributed by atoms with van der Waals surface area (Å²) >= 11 is 1.55. The Morgan fingerprint density at radius 2 is 2.11 bits per heavy atom. The highest BCUT2D eigenvalue weighted by Crippen LogP contribution is 2.26. The van der Waals surface area contributed by atoms with Gasteiger partial charge in [-0.25, -0.2) is 4.98 Å². The fourth-order valence-electron chi connectivity index (χ4n) is 1.34. The molecule has 0 atom stereocenters. The maximum Gasteiger partial charge on any atom is 0.203 e. The van der Waals surface area contributed by atoms with Crippen LogP contribution in [0.3, 0.4) is 0 Å². The molecule has 0 unspecified atom stereocenters. The van der Waals surface area contributed by atoms with Gasteiger partial charge in [0.1, 0.15) is 11.5 Å². The van der Waals surface area contributed by atoms with Crippen molar-refractivity contribution in [3.05, 3.63) is 34.7 Å². The van der Waals surface area contributed by atoms with Crippen LogP contribution in [0, 0.1) is 6.92 Å². The third-order valence-corrected chi connectivity index (χ3v) is 3.13. The fourth-order valence-corrected chi connectivity index (χ4v) is 2.23. The van der Waals surface area contributed by atoms with Crippen LogP contribution >= 0.6 is 23.7 Å². The van der Waals surface area contributed by atoms with Crippen molar-refractivity contribution in [1.29, 1.82) is 0 Å². The summed E-state index contributed by atoms with van der Waals surface area (Å²) in [4.78, 5) is 4.48. The summed E-state index contributed by atoms with van der Waals surface area (Å²) in [5.41, 5.74) is 4.05. The van der Waals surface area contributed by atoms with E-state index in [1.54, 1.807) is 17.6 Å². The van der Waals surface area contributed by atoms with E-state index in [9.17, 15) is 0 Å². The van der Waals surface area contributed by atoms with E-state index < -0.39 is 0 Å². The van der Waals surface area contributed by atoms with Gasteiger partial charge in [0.2, 0.25) is 5.13 Å². The van der Waals surface area contributed by atoms with E-state index in [1.807, 2.05) is 19.1 Å². The second-order valence-corrected chi connectivity index (χ2v) is 5.96. The van der Waals surface area contributed by atoms with Gasteiger partial charge in [0, 0.05) is 10.8 Å². The molecule has 0 amide bonds. The van der Waals surface area contributed by atoms with E-state index in [-0.39, 0.29) is 17.8 Å². The van der Waals surface area contributed by atoms with E-state index >= 15 is 0 Å². The number of thiazole rings is 1. The summed E-state index contributed by atoms with van der Waals surface area (Å²) in [6.07, 6.45) is 1.64. The molecular formula is C13H18ClN3OS. The summed E-state index contributed by atoms with van der Waals surface area (Å²) in [6.45, 7) is 8.32. The molecule has 6 heteroatoms. The van der Waals surface area contributed by atoms with Gasteiger partial charge < -0.3 is 4.42 Å². The number of nitrogens with one attached hydrogen (secondary N) is 1. The number of aromatic nitrogens is 1. The maximum absolute atomic E-state index is 5.37. The van der Waals surface area contributed by atoms with Crippen LogP contribution in [0.5, 0.6) is 0 Å². The Hall–Kier alpha value is -1.33. The fraction of sp³-hybridized carbons (Fsp3) is 0.385. The molecule has 0 bridgehead atoms. The molecule has 2 aromatic rings. The lowest BCUT2D eigenvalue weighted by molar-refractivity contribution is 0.528. The first-order valence-corrected chi connectivity index (χ1v) is 6.64. The molecule has 19 heavy (non-hydrogen) atoms. The molecule has 0 aliphatic heterocycles. The minimum absolute atomic E-state index is 0. The first-order valence-electron chi connectivity index (χ1n) is 5.77. The average Bonchev–Trinajstić information content (AvgIpc) is 2.87. The smallest absolute Gasteiger partial charge is 0.203 e. The summed E-state index contributed by atoms with van der Waals surface area (Å²) in [5.74, 6) is 1.60. The number of halogens is 1. The average molecular weight is 300 g/mol. The quantitative estimate of drug-likeness (QED) is 0.682. The summed E-state index contributed by atoms with van der Waals surface area (Å²) < 4.78 is 5.37. The number of hydrogen-bond acceptors (Lipinski definition) is 5. The zero-order valence-electron chi connectivity index (χ0n) is 11.4. The van der Waals surface area contributed by atoms with Crippen LogP contribution in [-0.2, 0) is 5.41 Å². The van der Waals surface area contributed by atoms with Crippen LogP contribution in [-0.4, -0.2) is 11.2 Å². The molecule has 0 radical (unpaired) electrons. The second kappa shape index (κ2) is 6.21. The zero-order chi connectivity index (χ0) is 13.2. The van der Waals surface area contributed by atoms with Crippen molar-refractivity contribution in [3.8, 4) is 0 Å². The standard InChI is InChI=1S/C13H17N3OS.ClH/c1-9-5-6-10(17-9)7-14-16-12-15-11(8-18-12)13(2,3)4;/h5-8H,1-4H3,(H,15,16);1H/b14-7+;. The first-order chi connectivity index (χ1) is 8.45. The minimum atomic E-state index is 0. The molecule has 104 valence electrons. The number of hydrogen-bond donors (Lipinski definition) is 1. The lowest BCUT2D eigenvalue weighted by atomic mass is 9.93. The molecule has 0 fully saturated rings. The molecule has 0 aromatic carbocycles. The Balaban J connectivity index is 0.00000180. The Morgan fingerprint density at radius 1 is 1.37 bits per heavy atom. The summed E-state index contributed by atoms with van der Waals surface area (Å²) in [5, 5.41) is 6.94. The van der Waals surface area contributed by atoms with Crippen molar-refractivity contribution < 1.29 is 4.42 Å². The van der Waals surface area contributed by atoms with Crippen molar-refractivity contribution in [2.75, 3.05) is 5.43 Å². The van der Waals surface area contributed by atoms with Crippen LogP contribution < -0.4 is 5.43 Å². The second-order valence-electron chi connectivity index (χ2n) is 5.11. The molecular weight excluding hydrogens is 282 g/mol. The van der Waals surface area contributed by atoms with Gasteiger partial charge >= 0.3 is 0 Å². The molecule has 0 aliphatic rings. The van der Waals surface area contributed by atoms with Crippen LogP contribution in [0.15, 0.2) is 27.0 Å². The third-order valence-electron chi connectivity index (χ3n) is 2.39. The maximum atomic E-state index is 5.37. The van der Waals surface area contributed by atoms with Gasteiger partial charge in [0.15, 0.2) is 0 Å². The number of furan rings is 1. The highest BCUT2D eigenvalue weighted by molar-refractivity contribution is 7.13. The molecule has 0 saturated carbocycles. The number of aryl methyl sites for hydroxylation is 1. The van der Waals surface area contributed by atoms with Crippen LogP contribution in [0.1, 0.15) is 38.0 Å². The van der Waals surface area contributed by atoms with Crippen LogP contribution in [0.2, 0.25) is 0 Å². The molecule has 2 heterocycles. The SMILES string of the molecule is Cc1ccc(/C=N/Nc2nc(C(C)(C)C)cs2)o1.Cl. The topological polar surface area (TPSA) is 50.4 Å². The Morgan fingerprint density at radius 3 is 2.63 bits per heavy atom. The van der Waals surface area contributed by atoms with Crippen molar-refractivity contribution in [3.63, 3.8) is 0 Å². The van der Waals surface area contributed by atoms with E-state index in [2.05, 4.69) is 41.7 Å². The predicted molar refractivity (Wildman–Crippen MR) is 82.7 cm³/mol. The van der Waals surface area contributed by atoms with Crippen molar-refractivity contribution >= 4 is 35.1 Å². The predicted octanol–water partition coefficient (Wildman–Crippen LogP) is 4.21. The first kappa shape index (κ1) is 15.7. The van der Waals surface area contributed by atoms with Crippen molar-refractivity contribution in [2.45, 2.75) is 33.1 Å². The van der Waals surface area contributed by atoms with E-state index in [4.69, 9.17) is 4.42 Å². The van der Waals surface area contributed by atoms with Crippen molar-refractivity contribution in [2.24, 2.45) is 5.10 Å². The van der Waals surface area contributed by atoms with Gasteiger partial charge in [-0.15, -0.1) is 23.7 Å². The lowest BCUT2D eigenvalue weighted by Crippen LogP contribution is -2.11. The van der Waals surface area contributed by atoms with Gasteiger partial charge in [-0.1, -0.05) is 20.8 Å². The molecule has 2 aromatic heterocycles. The zero-order valence-corrected chi connectivity index (χ0v) is 13.1. The van der Waals surface area contributed by atoms with E-state index in [1.165, 1.54) is 0 Å². The Kier molecular flexibility index (Phi) is 5.14. The molecule has 2 rings (SSSR count). The van der Waals surface area contributed by atoms with Crippen LogP contribution in [0.25, 0.3) is 0 Å². The normalized spacial score (nSPS) is 11.6. The highest BCUT2D eigenvalue weighted by Gasteiger charge is 2.17. The molecule has 4 nitrogen and oxygen atoms in total. The number of anilines is 1. The monoisotopic (exact) mass is 299 g/mol. The number of nitrogens with zero attached hydrogens (tertiary/aromatic N) is 2. The van der Waals surface area contributed by atoms with Gasteiger partial charge in [0.25, 0.3) is 0 Å². The van der Waals surface area contributed by atoms with Crippen molar-refractivity contribution in [1.82, 2.24) is 4.98 Å².